The smallest absolute Gasteiger partial charge is 0.283 e. The molecular weight excluding hydrogens is 460 g/mol. The Morgan fingerprint density at radius 3 is 2.45 bits per heavy atom. The zero-order chi connectivity index (χ0) is 23.5. The number of aliphatic imine (C=N–C) groups is 1. The Morgan fingerprint density at radius 1 is 1.12 bits per heavy atom. The molecule has 0 bridgehead atoms. The zero-order valence-electron chi connectivity index (χ0n) is 18.5. The molecule has 2 aromatic carbocycles. The first-order valence-corrected chi connectivity index (χ1v) is 11.6. The number of rotatable bonds is 7. The van der Waals surface area contributed by atoms with E-state index in [1.54, 1.807) is 12.1 Å². The third kappa shape index (κ3) is 5.29. The molecule has 0 radical (unpaired) electrons. The van der Waals surface area contributed by atoms with Crippen molar-refractivity contribution in [2.24, 2.45) is 16.0 Å². The number of halogens is 1. The lowest BCUT2D eigenvalue weighted by molar-refractivity contribution is -0.114. The molecule has 9 heteroatoms. The molecule has 0 unspecified atom stereocenters. The lowest BCUT2D eigenvalue weighted by Crippen LogP contribution is -2.35. The summed E-state index contributed by atoms with van der Waals surface area (Å²) in [6.45, 7) is 6.73. The van der Waals surface area contributed by atoms with E-state index in [-0.39, 0.29) is 17.3 Å². The number of carbonyl (C=O) groups is 1. The fraction of sp³-hybridized carbons (Fsp3) is 0.250. The number of amidine groups is 2. The zero-order valence-corrected chi connectivity index (χ0v) is 20.0. The van der Waals surface area contributed by atoms with Gasteiger partial charge < -0.3 is 9.47 Å². The highest BCUT2D eigenvalue weighted by molar-refractivity contribution is 8.27. The van der Waals surface area contributed by atoms with Crippen molar-refractivity contribution in [3.05, 3.63) is 64.2 Å². The van der Waals surface area contributed by atoms with Gasteiger partial charge in [-0.3, -0.25) is 10.2 Å². The average Bonchev–Trinajstić information content (AvgIpc) is 3.22. The van der Waals surface area contributed by atoms with Crippen molar-refractivity contribution in [3.63, 3.8) is 0 Å². The van der Waals surface area contributed by atoms with E-state index in [0.717, 1.165) is 21.9 Å². The van der Waals surface area contributed by atoms with E-state index in [4.69, 9.17) is 26.5 Å². The highest BCUT2D eigenvalue weighted by Crippen LogP contribution is 2.31. The van der Waals surface area contributed by atoms with Crippen molar-refractivity contribution in [1.82, 2.24) is 5.01 Å². The van der Waals surface area contributed by atoms with Gasteiger partial charge in [0.25, 0.3) is 5.91 Å². The molecule has 2 heterocycles. The summed E-state index contributed by atoms with van der Waals surface area (Å²) in [5, 5.41) is 16.3. The Labute approximate surface area is 201 Å². The molecular formula is C24H23ClN4O3S. The standard InChI is InChI=1S/C24H23ClN4O3S/c1-14(2)23-28-29-21(26)19(22(30)27-24(29)33-23)13-16-4-6-17(7-5-16)31-10-11-32-18-8-9-20(25)15(3)12-18/h4-9,12-14,26H,10-11H2,1-3H3. The van der Waals surface area contributed by atoms with Gasteiger partial charge in [0.1, 0.15) is 29.8 Å². The normalized spacial score (nSPS) is 16.8. The second kappa shape index (κ2) is 9.80. The maximum atomic E-state index is 12.5. The monoisotopic (exact) mass is 482 g/mol. The molecule has 2 aromatic rings. The Balaban J connectivity index is 1.35. The summed E-state index contributed by atoms with van der Waals surface area (Å²) in [5.41, 5.74) is 1.93. The quantitative estimate of drug-likeness (QED) is 0.422. The van der Waals surface area contributed by atoms with E-state index in [0.29, 0.717) is 29.2 Å². The third-order valence-electron chi connectivity index (χ3n) is 4.91. The number of nitrogens with zero attached hydrogens (tertiary/aromatic N) is 3. The largest absolute Gasteiger partial charge is 0.490 e. The molecule has 0 atom stereocenters. The fourth-order valence-corrected chi connectivity index (χ4v) is 4.10. The Kier molecular flexibility index (Phi) is 6.85. The Bertz CT molecular complexity index is 1190. The van der Waals surface area contributed by atoms with Crippen molar-refractivity contribution >= 4 is 51.4 Å². The molecule has 1 N–H and O–H groups in total. The number of hydrazone groups is 1. The topological polar surface area (TPSA) is 87.3 Å². The predicted molar refractivity (Wildman–Crippen MR) is 133 cm³/mol. The van der Waals surface area contributed by atoms with Gasteiger partial charge in [-0.05, 0) is 66.2 Å². The van der Waals surface area contributed by atoms with Gasteiger partial charge in [-0.15, -0.1) is 0 Å². The first kappa shape index (κ1) is 23.1. The van der Waals surface area contributed by atoms with E-state index < -0.39 is 5.91 Å². The van der Waals surface area contributed by atoms with Gasteiger partial charge >= 0.3 is 0 Å². The molecule has 1 amide bonds. The minimum absolute atomic E-state index is 0.0306. The molecule has 0 saturated heterocycles. The van der Waals surface area contributed by atoms with Crippen molar-refractivity contribution in [1.29, 1.82) is 5.41 Å². The van der Waals surface area contributed by atoms with Crippen molar-refractivity contribution < 1.29 is 14.3 Å². The van der Waals surface area contributed by atoms with Gasteiger partial charge in [0.15, 0.2) is 5.84 Å². The van der Waals surface area contributed by atoms with Gasteiger partial charge in [0, 0.05) is 10.9 Å². The molecule has 0 fully saturated rings. The van der Waals surface area contributed by atoms with Crippen molar-refractivity contribution in [3.8, 4) is 11.5 Å². The van der Waals surface area contributed by atoms with Crippen LogP contribution in [0.15, 0.2) is 58.1 Å². The van der Waals surface area contributed by atoms with Gasteiger partial charge in [-0.2, -0.15) is 15.1 Å². The van der Waals surface area contributed by atoms with Crippen LogP contribution in [0.2, 0.25) is 5.02 Å². The van der Waals surface area contributed by atoms with E-state index in [2.05, 4.69) is 10.1 Å². The third-order valence-corrected chi connectivity index (χ3v) is 6.54. The predicted octanol–water partition coefficient (Wildman–Crippen LogP) is 5.38. The van der Waals surface area contributed by atoms with Crippen LogP contribution in [0.5, 0.6) is 11.5 Å². The molecule has 4 rings (SSSR count). The highest BCUT2D eigenvalue weighted by Gasteiger charge is 2.36. The van der Waals surface area contributed by atoms with Crippen LogP contribution in [0.4, 0.5) is 0 Å². The summed E-state index contributed by atoms with van der Waals surface area (Å²) in [5.74, 6) is 1.22. The fourth-order valence-electron chi connectivity index (χ4n) is 3.09. The number of fused-ring (bicyclic) bond motifs is 1. The molecule has 170 valence electrons. The first-order valence-electron chi connectivity index (χ1n) is 10.4. The van der Waals surface area contributed by atoms with Crippen LogP contribution in [0.25, 0.3) is 6.08 Å². The van der Waals surface area contributed by atoms with Gasteiger partial charge in [-0.25, -0.2) is 0 Å². The van der Waals surface area contributed by atoms with Crippen LogP contribution in [0.3, 0.4) is 0 Å². The lowest BCUT2D eigenvalue weighted by atomic mass is 10.1. The molecule has 0 saturated carbocycles. The first-order chi connectivity index (χ1) is 15.8. The van der Waals surface area contributed by atoms with Crippen molar-refractivity contribution in [2.75, 3.05) is 13.2 Å². The summed E-state index contributed by atoms with van der Waals surface area (Å²) in [4.78, 5) is 16.6. The Morgan fingerprint density at radius 2 is 1.79 bits per heavy atom. The molecule has 33 heavy (non-hydrogen) atoms. The average molecular weight is 483 g/mol. The second-order valence-electron chi connectivity index (χ2n) is 7.79. The molecule has 0 aromatic heterocycles. The number of aryl methyl sites for hydroxylation is 1. The SMILES string of the molecule is Cc1cc(OCCOc2ccc(C=C3C(=N)N4N=C(C(C)C)SC4=NC3=O)cc2)ccc1Cl. The van der Waals surface area contributed by atoms with Crippen LogP contribution in [-0.4, -0.2) is 40.2 Å². The highest BCUT2D eigenvalue weighted by atomic mass is 35.5. The molecule has 2 aliphatic rings. The number of ether oxygens (including phenoxy) is 2. The van der Waals surface area contributed by atoms with Crippen LogP contribution in [-0.2, 0) is 4.79 Å². The summed E-state index contributed by atoms with van der Waals surface area (Å²) in [6.07, 6.45) is 1.65. The molecule has 7 nitrogen and oxygen atoms in total. The van der Waals surface area contributed by atoms with Crippen LogP contribution in [0.1, 0.15) is 25.0 Å². The van der Waals surface area contributed by atoms with E-state index in [1.165, 1.54) is 16.8 Å². The molecule has 0 spiro atoms. The summed E-state index contributed by atoms with van der Waals surface area (Å²) in [6, 6.07) is 12.8. The maximum Gasteiger partial charge on any atom is 0.283 e. The number of amides is 1. The van der Waals surface area contributed by atoms with Crippen LogP contribution < -0.4 is 9.47 Å². The van der Waals surface area contributed by atoms with E-state index in [9.17, 15) is 4.79 Å². The Hall–Kier alpha value is -3.10. The molecule has 2 aliphatic heterocycles. The van der Waals surface area contributed by atoms with E-state index in [1.807, 2.05) is 57.2 Å². The summed E-state index contributed by atoms with van der Waals surface area (Å²) in [7, 11) is 0. The number of benzene rings is 2. The summed E-state index contributed by atoms with van der Waals surface area (Å²) < 4.78 is 11.4. The van der Waals surface area contributed by atoms with Crippen LogP contribution >= 0.6 is 23.4 Å². The number of nitrogens with one attached hydrogen (secondary N) is 1. The number of hydrogen-bond donors (Lipinski definition) is 1. The summed E-state index contributed by atoms with van der Waals surface area (Å²) >= 11 is 7.36. The van der Waals surface area contributed by atoms with Crippen molar-refractivity contribution in [2.45, 2.75) is 20.8 Å². The second-order valence-corrected chi connectivity index (χ2v) is 9.18. The maximum absolute atomic E-state index is 12.5. The number of thioether (sulfide) groups is 1. The minimum Gasteiger partial charge on any atom is -0.490 e. The van der Waals surface area contributed by atoms with Crippen LogP contribution in [0, 0.1) is 18.3 Å². The van der Waals surface area contributed by atoms with Gasteiger partial charge in [0.2, 0.25) is 5.17 Å². The number of hydrogen-bond acceptors (Lipinski definition) is 6. The number of carbonyl (C=O) groups excluding carboxylic acids is 1. The van der Waals surface area contributed by atoms with E-state index >= 15 is 0 Å². The molecule has 0 aliphatic carbocycles. The van der Waals surface area contributed by atoms with Gasteiger partial charge in [-0.1, -0.05) is 37.6 Å². The van der Waals surface area contributed by atoms with Gasteiger partial charge in [0.05, 0.1) is 5.57 Å². The minimum atomic E-state index is -0.436. The lowest BCUT2D eigenvalue weighted by Gasteiger charge is -2.20.